The molecule has 0 saturated heterocycles. The summed E-state index contributed by atoms with van der Waals surface area (Å²) in [6.45, 7) is 5.50. The molecular weight excluding hydrogens is 271 g/mol. The molecule has 1 atom stereocenters. The summed E-state index contributed by atoms with van der Waals surface area (Å²) in [6, 6.07) is 2.25. The van der Waals surface area contributed by atoms with Crippen LogP contribution in [0.5, 0.6) is 5.75 Å². The SMILES string of the molecule is COCCN1CCOc2cc3c(c(P)c21)CCNCC3. The summed E-state index contributed by atoms with van der Waals surface area (Å²) in [4.78, 5) is 2.39. The van der Waals surface area contributed by atoms with Crippen LogP contribution in [-0.4, -0.2) is 46.5 Å². The Hall–Kier alpha value is -0.830. The number of methoxy groups -OCH3 is 1. The van der Waals surface area contributed by atoms with Crippen LogP contribution in [0.25, 0.3) is 0 Å². The van der Waals surface area contributed by atoms with Gasteiger partial charge in [-0.3, -0.25) is 0 Å². The van der Waals surface area contributed by atoms with E-state index in [1.807, 2.05) is 0 Å². The average Bonchev–Trinajstić information content (AvgIpc) is 2.70. The van der Waals surface area contributed by atoms with E-state index in [0.717, 1.165) is 58.0 Å². The quantitative estimate of drug-likeness (QED) is 0.833. The zero-order valence-corrected chi connectivity index (χ0v) is 13.2. The summed E-state index contributed by atoms with van der Waals surface area (Å²) < 4.78 is 11.1. The minimum atomic E-state index is 0.752. The van der Waals surface area contributed by atoms with Gasteiger partial charge in [-0.05, 0) is 43.1 Å². The van der Waals surface area contributed by atoms with Gasteiger partial charge in [0.15, 0.2) is 0 Å². The number of nitrogens with one attached hydrogen (secondary N) is 1. The van der Waals surface area contributed by atoms with Crippen molar-refractivity contribution in [2.24, 2.45) is 0 Å². The minimum absolute atomic E-state index is 0.752. The van der Waals surface area contributed by atoms with Gasteiger partial charge in [-0.1, -0.05) is 0 Å². The van der Waals surface area contributed by atoms with Crippen LogP contribution in [-0.2, 0) is 17.6 Å². The maximum absolute atomic E-state index is 5.91. The van der Waals surface area contributed by atoms with Crippen molar-refractivity contribution in [2.75, 3.05) is 51.4 Å². The summed E-state index contributed by atoms with van der Waals surface area (Å²) >= 11 is 0. The first-order valence-corrected chi connectivity index (χ1v) is 7.90. The van der Waals surface area contributed by atoms with E-state index in [-0.39, 0.29) is 0 Å². The number of benzene rings is 1. The predicted molar refractivity (Wildman–Crippen MR) is 85.6 cm³/mol. The molecule has 1 unspecified atom stereocenters. The Labute approximate surface area is 123 Å². The number of nitrogens with zero attached hydrogens (tertiary/aromatic N) is 1. The monoisotopic (exact) mass is 294 g/mol. The van der Waals surface area contributed by atoms with Crippen molar-refractivity contribution in [1.82, 2.24) is 5.32 Å². The highest BCUT2D eigenvalue weighted by atomic mass is 31.0. The number of rotatable bonds is 3. The molecule has 1 aromatic rings. The van der Waals surface area contributed by atoms with Crippen molar-refractivity contribution in [3.05, 3.63) is 17.2 Å². The normalized spacial score (nSPS) is 18.0. The van der Waals surface area contributed by atoms with E-state index in [0.29, 0.717) is 0 Å². The van der Waals surface area contributed by atoms with E-state index in [4.69, 9.17) is 9.47 Å². The van der Waals surface area contributed by atoms with Gasteiger partial charge in [0, 0.05) is 19.0 Å². The second kappa shape index (κ2) is 6.30. The molecule has 0 bridgehead atoms. The highest BCUT2D eigenvalue weighted by molar-refractivity contribution is 7.28. The summed E-state index contributed by atoms with van der Waals surface area (Å²) in [6.07, 6.45) is 2.19. The Morgan fingerprint density at radius 2 is 2.25 bits per heavy atom. The van der Waals surface area contributed by atoms with Crippen LogP contribution >= 0.6 is 9.24 Å². The zero-order chi connectivity index (χ0) is 13.9. The van der Waals surface area contributed by atoms with Gasteiger partial charge >= 0.3 is 0 Å². The topological polar surface area (TPSA) is 33.7 Å². The lowest BCUT2D eigenvalue weighted by Crippen LogP contribution is -2.38. The third kappa shape index (κ3) is 2.65. The van der Waals surface area contributed by atoms with Crippen LogP contribution in [0.1, 0.15) is 11.1 Å². The van der Waals surface area contributed by atoms with E-state index in [9.17, 15) is 0 Å². The molecule has 2 aliphatic rings. The number of hydrogen-bond acceptors (Lipinski definition) is 4. The van der Waals surface area contributed by atoms with Gasteiger partial charge in [0.25, 0.3) is 0 Å². The molecule has 3 rings (SSSR count). The Bertz CT molecular complexity index is 493. The Morgan fingerprint density at radius 3 is 3.10 bits per heavy atom. The standard InChI is InChI=1S/C15H23N2O2P/c1-18-8-6-17-7-9-19-13-10-11-2-4-16-5-3-12(11)15(20)14(13)17/h10,16H,2-9,20H2,1H3. The maximum atomic E-state index is 5.91. The van der Waals surface area contributed by atoms with Gasteiger partial charge < -0.3 is 19.7 Å². The van der Waals surface area contributed by atoms with E-state index < -0.39 is 0 Å². The molecule has 0 radical (unpaired) electrons. The Kier molecular flexibility index (Phi) is 4.45. The summed E-state index contributed by atoms with van der Waals surface area (Å²) in [5, 5.41) is 4.79. The molecule has 0 fully saturated rings. The second-order valence-corrected chi connectivity index (χ2v) is 5.93. The van der Waals surface area contributed by atoms with Crippen molar-refractivity contribution >= 4 is 20.2 Å². The number of anilines is 1. The van der Waals surface area contributed by atoms with Crippen molar-refractivity contribution in [3.8, 4) is 5.75 Å². The molecule has 20 heavy (non-hydrogen) atoms. The molecule has 0 amide bonds. The minimum Gasteiger partial charge on any atom is -0.490 e. The molecule has 0 aliphatic carbocycles. The molecular formula is C15H23N2O2P. The van der Waals surface area contributed by atoms with Crippen molar-refractivity contribution in [1.29, 1.82) is 0 Å². The van der Waals surface area contributed by atoms with Gasteiger partial charge in [-0.25, -0.2) is 0 Å². The fourth-order valence-corrected chi connectivity index (χ4v) is 3.74. The molecule has 2 aliphatic heterocycles. The highest BCUT2D eigenvalue weighted by Gasteiger charge is 2.24. The van der Waals surface area contributed by atoms with E-state index in [1.54, 1.807) is 7.11 Å². The molecule has 2 heterocycles. The van der Waals surface area contributed by atoms with Gasteiger partial charge in [-0.15, -0.1) is 9.24 Å². The van der Waals surface area contributed by atoms with E-state index in [1.165, 1.54) is 22.1 Å². The zero-order valence-electron chi connectivity index (χ0n) is 12.1. The highest BCUT2D eigenvalue weighted by Crippen LogP contribution is 2.35. The van der Waals surface area contributed by atoms with Crippen molar-refractivity contribution in [2.45, 2.75) is 12.8 Å². The lowest BCUT2D eigenvalue weighted by molar-refractivity contribution is 0.201. The van der Waals surface area contributed by atoms with Crippen molar-refractivity contribution in [3.63, 3.8) is 0 Å². The van der Waals surface area contributed by atoms with Crippen molar-refractivity contribution < 1.29 is 9.47 Å². The second-order valence-electron chi connectivity index (χ2n) is 5.35. The summed E-state index contributed by atoms with van der Waals surface area (Å²) in [7, 11) is 4.71. The fourth-order valence-electron chi connectivity index (χ4n) is 3.08. The molecule has 0 saturated carbocycles. The molecule has 0 aromatic heterocycles. The third-order valence-corrected chi connectivity index (χ3v) is 4.75. The number of ether oxygens (including phenoxy) is 2. The molecule has 5 heteroatoms. The van der Waals surface area contributed by atoms with Crippen LogP contribution in [0.2, 0.25) is 0 Å². The van der Waals surface area contributed by atoms with Crippen LogP contribution in [0.15, 0.2) is 6.07 Å². The molecule has 1 N–H and O–H groups in total. The van der Waals surface area contributed by atoms with Gasteiger partial charge in [0.2, 0.25) is 0 Å². The first-order valence-electron chi connectivity index (χ1n) is 7.33. The van der Waals surface area contributed by atoms with Crippen LogP contribution in [0, 0.1) is 0 Å². The maximum Gasteiger partial charge on any atom is 0.143 e. The predicted octanol–water partition coefficient (Wildman–Crippen LogP) is 0.720. The third-order valence-electron chi connectivity index (χ3n) is 4.13. The lowest BCUT2D eigenvalue weighted by atomic mass is 10.00. The fraction of sp³-hybridized carbons (Fsp3) is 0.600. The van der Waals surface area contributed by atoms with Gasteiger partial charge in [0.1, 0.15) is 12.4 Å². The van der Waals surface area contributed by atoms with Crippen LogP contribution < -0.4 is 20.3 Å². The summed E-state index contributed by atoms with van der Waals surface area (Å²) in [5.41, 5.74) is 4.16. The summed E-state index contributed by atoms with van der Waals surface area (Å²) in [5.74, 6) is 1.04. The Balaban J connectivity index is 2.00. The number of hydrogen-bond donors (Lipinski definition) is 1. The van der Waals surface area contributed by atoms with E-state index in [2.05, 4.69) is 25.5 Å². The lowest BCUT2D eigenvalue weighted by Gasteiger charge is -2.34. The first kappa shape index (κ1) is 14.1. The smallest absolute Gasteiger partial charge is 0.143 e. The van der Waals surface area contributed by atoms with Gasteiger partial charge in [-0.2, -0.15) is 0 Å². The number of fused-ring (bicyclic) bond motifs is 2. The molecule has 4 nitrogen and oxygen atoms in total. The molecule has 110 valence electrons. The van der Waals surface area contributed by atoms with E-state index >= 15 is 0 Å². The Morgan fingerprint density at radius 1 is 1.40 bits per heavy atom. The average molecular weight is 294 g/mol. The molecule has 1 aromatic carbocycles. The van der Waals surface area contributed by atoms with Crippen LogP contribution in [0.3, 0.4) is 0 Å². The van der Waals surface area contributed by atoms with Crippen LogP contribution in [0.4, 0.5) is 5.69 Å². The molecule has 0 spiro atoms. The largest absolute Gasteiger partial charge is 0.490 e. The van der Waals surface area contributed by atoms with Gasteiger partial charge in [0.05, 0.1) is 18.8 Å². The first-order chi connectivity index (χ1) is 9.81.